The lowest BCUT2D eigenvalue weighted by atomic mass is 9.91. The van der Waals surface area contributed by atoms with Crippen molar-refractivity contribution in [1.82, 2.24) is 5.32 Å². The molecular weight excluding hydrogens is 218 g/mol. The highest BCUT2D eigenvalue weighted by atomic mass is 16.6. The molecule has 4 nitrogen and oxygen atoms in total. The van der Waals surface area contributed by atoms with Gasteiger partial charge in [0.25, 0.3) is 0 Å². The highest BCUT2D eigenvalue weighted by Crippen LogP contribution is 2.21. The number of carbonyl (C=O) groups is 1. The number of esters is 1. The lowest BCUT2D eigenvalue weighted by Gasteiger charge is -2.37. The van der Waals surface area contributed by atoms with Crippen LogP contribution in [0.3, 0.4) is 0 Å². The predicted octanol–water partition coefficient (Wildman–Crippen LogP) is 1.88. The van der Waals surface area contributed by atoms with Crippen molar-refractivity contribution in [2.24, 2.45) is 0 Å². The SMILES string of the molecule is CC(NC1(C)CCOCC1)C(=O)OC(C)(C)C. The van der Waals surface area contributed by atoms with Crippen LogP contribution >= 0.6 is 0 Å². The van der Waals surface area contributed by atoms with Crippen LogP contribution in [0.2, 0.25) is 0 Å². The first-order valence-corrected chi connectivity index (χ1v) is 6.30. The Morgan fingerprint density at radius 2 is 1.88 bits per heavy atom. The summed E-state index contributed by atoms with van der Waals surface area (Å²) in [5.41, 5.74) is -0.446. The van der Waals surface area contributed by atoms with E-state index in [-0.39, 0.29) is 17.6 Å². The van der Waals surface area contributed by atoms with E-state index >= 15 is 0 Å². The minimum atomic E-state index is -0.427. The molecule has 1 unspecified atom stereocenters. The van der Waals surface area contributed by atoms with E-state index in [1.165, 1.54) is 0 Å². The van der Waals surface area contributed by atoms with Crippen molar-refractivity contribution < 1.29 is 14.3 Å². The van der Waals surface area contributed by atoms with E-state index in [1.807, 2.05) is 27.7 Å². The van der Waals surface area contributed by atoms with E-state index in [4.69, 9.17) is 9.47 Å². The Morgan fingerprint density at radius 1 is 1.35 bits per heavy atom. The molecule has 100 valence electrons. The van der Waals surface area contributed by atoms with Crippen molar-refractivity contribution >= 4 is 5.97 Å². The highest BCUT2D eigenvalue weighted by Gasteiger charge is 2.32. The van der Waals surface area contributed by atoms with Gasteiger partial charge in [-0.1, -0.05) is 0 Å². The van der Waals surface area contributed by atoms with Crippen LogP contribution in [0.15, 0.2) is 0 Å². The lowest BCUT2D eigenvalue weighted by Crippen LogP contribution is -2.53. The average molecular weight is 243 g/mol. The standard InChI is InChI=1S/C13H25NO3/c1-10(11(15)17-12(2,3)4)14-13(5)6-8-16-9-7-13/h10,14H,6-9H2,1-5H3. The third kappa shape index (κ3) is 5.04. The number of hydrogen-bond donors (Lipinski definition) is 1. The molecule has 1 saturated heterocycles. The highest BCUT2D eigenvalue weighted by molar-refractivity contribution is 5.75. The third-order valence-electron chi connectivity index (χ3n) is 2.92. The number of ether oxygens (including phenoxy) is 2. The van der Waals surface area contributed by atoms with Gasteiger partial charge < -0.3 is 9.47 Å². The molecule has 0 aromatic carbocycles. The van der Waals surface area contributed by atoms with Gasteiger partial charge >= 0.3 is 5.97 Å². The first-order valence-electron chi connectivity index (χ1n) is 6.30. The number of carbonyl (C=O) groups excluding carboxylic acids is 1. The van der Waals surface area contributed by atoms with E-state index in [9.17, 15) is 4.79 Å². The first kappa shape index (κ1) is 14.5. The molecule has 17 heavy (non-hydrogen) atoms. The summed E-state index contributed by atoms with van der Waals surface area (Å²) in [6.07, 6.45) is 1.86. The lowest BCUT2D eigenvalue weighted by molar-refractivity contribution is -0.157. The second kappa shape index (κ2) is 5.36. The second-order valence-electron chi connectivity index (χ2n) is 6.07. The predicted molar refractivity (Wildman–Crippen MR) is 66.9 cm³/mol. The molecular formula is C13H25NO3. The fraction of sp³-hybridized carbons (Fsp3) is 0.923. The van der Waals surface area contributed by atoms with Crippen LogP contribution in [0, 0.1) is 0 Å². The van der Waals surface area contributed by atoms with Crippen LogP contribution in [0.25, 0.3) is 0 Å². The Labute approximate surface area is 104 Å². The molecule has 0 spiro atoms. The number of nitrogens with one attached hydrogen (secondary N) is 1. The van der Waals surface area contributed by atoms with Crippen LogP contribution in [0.4, 0.5) is 0 Å². The molecule has 0 aliphatic carbocycles. The monoisotopic (exact) mass is 243 g/mol. The zero-order valence-corrected chi connectivity index (χ0v) is 11.6. The molecule has 0 saturated carbocycles. The summed E-state index contributed by atoms with van der Waals surface area (Å²) in [4.78, 5) is 11.9. The van der Waals surface area contributed by atoms with Crippen LogP contribution in [0.1, 0.15) is 47.5 Å². The van der Waals surface area contributed by atoms with Gasteiger partial charge in [0.15, 0.2) is 0 Å². The number of hydrogen-bond acceptors (Lipinski definition) is 4. The molecule has 1 atom stereocenters. The minimum Gasteiger partial charge on any atom is -0.459 e. The zero-order chi connectivity index (χ0) is 13.1. The van der Waals surface area contributed by atoms with Crippen LogP contribution in [-0.4, -0.2) is 36.4 Å². The molecule has 1 fully saturated rings. The Balaban J connectivity index is 2.47. The fourth-order valence-electron chi connectivity index (χ4n) is 1.94. The van der Waals surface area contributed by atoms with Gasteiger partial charge in [-0.15, -0.1) is 0 Å². The summed E-state index contributed by atoms with van der Waals surface area (Å²) in [6, 6.07) is -0.280. The first-order chi connectivity index (χ1) is 7.72. The van der Waals surface area contributed by atoms with Crippen molar-refractivity contribution in [2.75, 3.05) is 13.2 Å². The summed E-state index contributed by atoms with van der Waals surface area (Å²) in [5.74, 6) is -0.190. The molecule has 0 aromatic rings. The van der Waals surface area contributed by atoms with Crippen molar-refractivity contribution in [3.05, 3.63) is 0 Å². The number of rotatable bonds is 3. The van der Waals surface area contributed by atoms with E-state index in [1.54, 1.807) is 0 Å². The van der Waals surface area contributed by atoms with Gasteiger partial charge in [0.05, 0.1) is 0 Å². The normalized spacial score (nSPS) is 21.9. The molecule has 1 heterocycles. The Bertz CT molecular complexity index is 264. The maximum atomic E-state index is 11.9. The molecule has 0 amide bonds. The van der Waals surface area contributed by atoms with Gasteiger partial charge in [0.2, 0.25) is 0 Å². The Hall–Kier alpha value is -0.610. The van der Waals surface area contributed by atoms with Crippen molar-refractivity contribution in [2.45, 2.75) is 64.6 Å². The van der Waals surface area contributed by atoms with E-state index in [0.717, 1.165) is 26.1 Å². The van der Waals surface area contributed by atoms with Gasteiger partial charge in [-0.2, -0.15) is 0 Å². The molecule has 0 aromatic heterocycles. The topological polar surface area (TPSA) is 47.6 Å². The van der Waals surface area contributed by atoms with Gasteiger partial charge in [0.1, 0.15) is 11.6 Å². The van der Waals surface area contributed by atoms with E-state index < -0.39 is 5.60 Å². The zero-order valence-electron chi connectivity index (χ0n) is 11.6. The Kier molecular flexibility index (Phi) is 4.55. The van der Waals surface area contributed by atoms with Crippen molar-refractivity contribution in [3.63, 3.8) is 0 Å². The molecule has 4 heteroatoms. The summed E-state index contributed by atoms with van der Waals surface area (Å²) >= 11 is 0. The van der Waals surface area contributed by atoms with Gasteiger partial charge in [-0.3, -0.25) is 10.1 Å². The quantitative estimate of drug-likeness (QED) is 0.769. The summed E-state index contributed by atoms with van der Waals surface area (Å²) in [6.45, 7) is 11.1. The summed E-state index contributed by atoms with van der Waals surface area (Å²) in [7, 11) is 0. The van der Waals surface area contributed by atoms with Crippen LogP contribution in [-0.2, 0) is 14.3 Å². The van der Waals surface area contributed by atoms with E-state index in [0.29, 0.717) is 0 Å². The van der Waals surface area contributed by atoms with Gasteiger partial charge in [-0.05, 0) is 47.5 Å². The molecule has 1 aliphatic heterocycles. The molecule has 0 bridgehead atoms. The smallest absolute Gasteiger partial charge is 0.323 e. The fourth-order valence-corrected chi connectivity index (χ4v) is 1.94. The molecule has 0 radical (unpaired) electrons. The van der Waals surface area contributed by atoms with E-state index in [2.05, 4.69) is 12.2 Å². The summed E-state index contributed by atoms with van der Waals surface area (Å²) < 4.78 is 10.7. The molecule has 1 aliphatic rings. The minimum absolute atomic E-state index is 0.0193. The van der Waals surface area contributed by atoms with Gasteiger partial charge in [0, 0.05) is 18.8 Å². The Morgan fingerprint density at radius 3 is 2.35 bits per heavy atom. The van der Waals surface area contributed by atoms with Crippen LogP contribution < -0.4 is 5.32 Å². The van der Waals surface area contributed by atoms with Crippen molar-refractivity contribution in [1.29, 1.82) is 0 Å². The maximum absolute atomic E-state index is 11.9. The van der Waals surface area contributed by atoms with Crippen molar-refractivity contribution in [3.8, 4) is 0 Å². The van der Waals surface area contributed by atoms with Crippen LogP contribution in [0.5, 0.6) is 0 Å². The average Bonchev–Trinajstić information content (AvgIpc) is 2.15. The largest absolute Gasteiger partial charge is 0.459 e. The summed E-state index contributed by atoms with van der Waals surface area (Å²) in [5, 5.41) is 3.36. The van der Waals surface area contributed by atoms with Gasteiger partial charge in [-0.25, -0.2) is 0 Å². The molecule has 1 N–H and O–H groups in total. The molecule has 1 rings (SSSR count). The third-order valence-corrected chi connectivity index (χ3v) is 2.92. The second-order valence-corrected chi connectivity index (χ2v) is 6.07. The maximum Gasteiger partial charge on any atom is 0.323 e.